The van der Waals surface area contributed by atoms with E-state index in [1.165, 1.54) is 6.92 Å². The average Bonchev–Trinajstić information content (AvgIpc) is 3.32. The fraction of sp³-hybridized carbons (Fsp3) is 0.773. The SMILES string of the molecule is C=C1C(=O)O[C@H]2[C@H]1[C@@H](OC(=O)C(C)CC)[C@H](OC(C)=O)[C@H](C)C[C@@H](O)[C@H]1O[C@@]1(C)[C@@H]2O. The second kappa shape index (κ2) is 8.52. The summed E-state index contributed by atoms with van der Waals surface area (Å²) in [5.41, 5.74) is -1.11. The molecule has 9 nitrogen and oxygen atoms in total. The van der Waals surface area contributed by atoms with E-state index in [4.69, 9.17) is 18.9 Å². The van der Waals surface area contributed by atoms with Crippen LogP contribution in [0.5, 0.6) is 0 Å². The van der Waals surface area contributed by atoms with Gasteiger partial charge in [0.1, 0.15) is 36.1 Å². The second-order valence-electron chi connectivity index (χ2n) is 9.15. The fourth-order valence-corrected chi connectivity index (χ4v) is 4.62. The van der Waals surface area contributed by atoms with Crippen molar-refractivity contribution in [1.82, 2.24) is 0 Å². The number of carbonyl (C=O) groups is 3. The van der Waals surface area contributed by atoms with E-state index in [-0.39, 0.29) is 12.0 Å². The van der Waals surface area contributed by atoms with Gasteiger partial charge in [0, 0.05) is 12.5 Å². The number of hydrogen-bond acceptors (Lipinski definition) is 9. The highest BCUT2D eigenvalue weighted by Gasteiger charge is 2.67. The molecule has 2 heterocycles. The van der Waals surface area contributed by atoms with Crippen molar-refractivity contribution in [1.29, 1.82) is 0 Å². The third-order valence-corrected chi connectivity index (χ3v) is 6.82. The minimum atomic E-state index is -1.31. The first kappa shape index (κ1) is 23.7. The van der Waals surface area contributed by atoms with E-state index < -0.39 is 77.9 Å². The van der Waals surface area contributed by atoms with Crippen LogP contribution in [0.3, 0.4) is 0 Å². The highest BCUT2D eigenvalue weighted by atomic mass is 16.6. The van der Waals surface area contributed by atoms with Crippen molar-refractivity contribution in [3.8, 4) is 0 Å². The van der Waals surface area contributed by atoms with Gasteiger partial charge in [-0.1, -0.05) is 27.4 Å². The van der Waals surface area contributed by atoms with Crippen LogP contribution in [0.2, 0.25) is 0 Å². The summed E-state index contributed by atoms with van der Waals surface area (Å²) in [6.07, 6.45) is -5.51. The second-order valence-corrected chi connectivity index (χ2v) is 9.15. The Balaban J connectivity index is 2.08. The highest BCUT2D eigenvalue weighted by molar-refractivity contribution is 5.91. The predicted molar refractivity (Wildman–Crippen MR) is 106 cm³/mol. The van der Waals surface area contributed by atoms with Crippen molar-refractivity contribution in [3.05, 3.63) is 12.2 Å². The molecule has 174 valence electrons. The van der Waals surface area contributed by atoms with Crippen LogP contribution in [0.15, 0.2) is 12.2 Å². The van der Waals surface area contributed by atoms with Crippen LogP contribution < -0.4 is 0 Å². The van der Waals surface area contributed by atoms with Gasteiger partial charge in [0.25, 0.3) is 0 Å². The lowest BCUT2D eigenvalue weighted by Gasteiger charge is -2.38. The molecule has 0 aromatic rings. The van der Waals surface area contributed by atoms with Gasteiger partial charge in [-0.15, -0.1) is 0 Å². The van der Waals surface area contributed by atoms with E-state index in [1.807, 2.05) is 6.92 Å². The summed E-state index contributed by atoms with van der Waals surface area (Å²) >= 11 is 0. The van der Waals surface area contributed by atoms with Crippen LogP contribution in [0.1, 0.15) is 47.5 Å². The molecule has 2 N–H and O–H groups in total. The van der Waals surface area contributed by atoms with Gasteiger partial charge < -0.3 is 29.2 Å². The lowest BCUT2D eigenvalue weighted by atomic mass is 9.76. The van der Waals surface area contributed by atoms with E-state index in [9.17, 15) is 24.6 Å². The summed E-state index contributed by atoms with van der Waals surface area (Å²) in [5, 5.41) is 21.7. The Bertz CT molecular complexity index is 764. The van der Waals surface area contributed by atoms with E-state index >= 15 is 0 Å². The number of hydrogen-bond donors (Lipinski definition) is 2. The van der Waals surface area contributed by atoms with E-state index in [0.29, 0.717) is 6.42 Å². The fourth-order valence-electron chi connectivity index (χ4n) is 4.62. The third-order valence-electron chi connectivity index (χ3n) is 6.82. The monoisotopic (exact) mass is 440 g/mol. The molecule has 1 unspecified atom stereocenters. The molecule has 2 aliphatic heterocycles. The Hall–Kier alpha value is -1.97. The van der Waals surface area contributed by atoms with Gasteiger partial charge in [-0.25, -0.2) is 4.79 Å². The molecule has 9 heteroatoms. The number of rotatable bonds is 4. The van der Waals surface area contributed by atoms with Crippen LogP contribution in [-0.4, -0.2) is 70.3 Å². The molecule has 0 bridgehead atoms. The number of esters is 3. The van der Waals surface area contributed by atoms with Crippen LogP contribution in [0.25, 0.3) is 0 Å². The molecule has 0 spiro atoms. The van der Waals surface area contributed by atoms with Crippen molar-refractivity contribution in [2.24, 2.45) is 17.8 Å². The van der Waals surface area contributed by atoms with Crippen molar-refractivity contribution >= 4 is 17.9 Å². The summed E-state index contributed by atoms with van der Waals surface area (Å²) in [7, 11) is 0. The largest absolute Gasteiger partial charge is 0.458 e. The van der Waals surface area contributed by atoms with Crippen LogP contribution in [-0.2, 0) is 33.3 Å². The zero-order valence-corrected chi connectivity index (χ0v) is 18.6. The van der Waals surface area contributed by atoms with Gasteiger partial charge in [0.15, 0.2) is 0 Å². The van der Waals surface area contributed by atoms with Crippen molar-refractivity contribution in [2.45, 2.75) is 89.7 Å². The highest BCUT2D eigenvalue weighted by Crippen LogP contribution is 2.49. The molecular formula is C22H32O9. The molecule has 3 aliphatic rings. The predicted octanol–water partition coefficient (Wildman–Crippen LogP) is 0.893. The minimum Gasteiger partial charge on any atom is -0.458 e. The topological polar surface area (TPSA) is 132 Å². The molecule has 10 atom stereocenters. The summed E-state index contributed by atoms with van der Waals surface area (Å²) in [6.45, 7) is 12.0. The zero-order valence-electron chi connectivity index (χ0n) is 18.6. The van der Waals surface area contributed by atoms with Gasteiger partial charge >= 0.3 is 17.9 Å². The molecule has 3 fully saturated rings. The lowest BCUT2D eigenvalue weighted by molar-refractivity contribution is -0.184. The molecule has 1 saturated carbocycles. The number of carbonyl (C=O) groups excluding carboxylic acids is 3. The van der Waals surface area contributed by atoms with Crippen LogP contribution >= 0.6 is 0 Å². The molecule has 0 aromatic carbocycles. The Kier molecular flexibility index (Phi) is 6.51. The maximum absolute atomic E-state index is 12.7. The standard InChI is InChI=1S/C22H32O9/c1-7-9(2)20(26)29-16-14-11(4)21(27)30-17(14)18(25)22(6)19(31-22)13(24)8-10(3)15(16)28-12(5)23/h9-10,13-19,24-25H,4,7-8H2,1-3,5-6H3/t9?,10-,13-,14-,15-,16-,17+,18-,19-,22+/m1/s1. The quantitative estimate of drug-likeness (QED) is 0.283. The van der Waals surface area contributed by atoms with Crippen molar-refractivity contribution in [2.75, 3.05) is 0 Å². The Morgan fingerprint density at radius 2 is 1.94 bits per heavy atom. The smallest absolute Gasteiger partial charge is 0.334 e. The van der Waals surface area contributed by atoms with Crippen LogP contribution in [0.4, 0.5) is 0 Å². The molecular weight excluding hydrogens is 408 g/mol. The maximum atomic E-state index is 12.7. The summed E-state index contributed by atoms with van der Waals surface area (Å²) in [5.74, 6) is -3.69. The lowest BCUT2D eigenvalue weighted by Crippen LogP contribution is -2.54. The first-order chi connectivity index (χ1) is 14.4. The first-order valence-electron chi connectivity index (χ1n) is 10.7. The van der Waals surface area contributed by atoms with E-state index in [1.54, 1.807) is 20.8 Å². The number of epoxide rings is 1. The van der Waals surface area contributed by atoms with Gasteiger partial charge in [-0.2, -0.15) is 0 Å². The summed E-state index contributed by atoms with van der Waals surface area (Å²) in [4.78, 5) is 37.1. The summed E-state index contributed by atoms with van der Waals surface area (Å²) in [6, 6.07) is 0. The average molecular weight is 440 g/mol. The summed E-state index contributed by atoms with van der Waals surface area (Å²) < 4.78 is 22.4. The van der Waals surface area contributed by atoms with Crippen LogP contribution in [0, 0.1) is 17.8 Å². The van der Waals surface area contributed by atoms with Gasteiger partial charge in [0.05, 0.1) is 17.9 Å². The third kappa shape index (κ3) is 4.23. The number of fused-ring (bicyclic) bond motifs is 2. The maximum Gasteiger partial charge on any atom is 0.334 e. The molecule has 2 saturated heterocycles. The van der Waals surface area contributed by atoms with Crippen molar-refractivity contribution < 1.29 is 43.5 Å². The first-order valence-corrected chi connectivity index (χ1v) is 10.7. The molecule has 0 aromatic heterocycles. The van der Waals surface area contributed by atoms with E-state index in [2.05, 4.69) is 6.58 Å². The molecule has 3 rings (SSSR count). The molecule has 0 radical (unpaired) electrons. The molecule has 0 amide bonds. The van der Waals surface area contributed by atoms with Gasteiger partial charge in [-0.05, 0) is 25.7 Å². The normalized spacial score (nSPS) is 43.2. The van der Waals surface area contributed by atoms with Gasteiger partial charge in [-0.3, -0.25) is 9.59 Å². The zero-order chi connectivity index (χ0) is 23.2. The number of aliphatic hydroxyl groups is 2. The number of ether oxygens (including phenoxy) is 4. The Morgan fingerprint density at radius 3 is 2.52 bits per heavy atom. The minimum absolute atomic E-state index is 0.0253. The molecule has 1 aliphatic carbocycles. The Morgan fingerprint density at radius 1 is 1.29 bits per heavy atom. The van der Waals surface area contributed by atoms with Gasteiger partial charge in [0.2, 0.25) is 0 Å². The Labute approximate surface area is 181 Å². The van der Waals surface area contributed by atoms with Crippen molar-refractivity contribution in [3.63, 3.8) is 0 Å². The van der Waals surface area contributed by atoms with E-state index in [0.717, 1.165) is 0 Å². The number of aliphatic hydroxyl groups excluding tert-OH is 2. The molecule has 31 heavy (non-hydrogen) atoms.